The number of carbonyl (C=O) groups excluding carboxylic acids is 1. The van der Waals surface area contributed by atoms with Gasteiger partial charge in [-0.2, -0.15) is 0 Å². The highest BCUT2D eigenvalue weighted by molar-refractivity contribution is 7.29. The lowest BCUT2D eigenvalue weighted by molar-refractivity contribution is 0.103. The minimum absolute atomic E-state index is 0.141. The molecule has 8 heteroatoms. The minimum Gasteiger partial charge on any atom is -0.497 e. The highest BCUT2D eigenvalue weighted by Gasteiger charge is 2.14. The smallest absolute Gasteiger partial charge is 0.265 e. The first-order chi connectivity index (χ1) is 14.1. The Labute approximate surface area is 176 Å². The number of nitrogens with one attached hydrogen (secondary N) is 2. The molecule has 0 spiro atoms. The van der Waals surface area contributed by atoms with E-state index in [-0.39, 0.29) is 5.91 Å². The van der Waals surface area contributed by atoms with E-state index in [1.165, 1.54) is 11.3 Å². The van der Waals surface area contributed by atoms with Crippen molar-refractivity contribution in [2.45, 2.75) is 6.54 Å². The molecule has 0 saturated heterocycles. The Kier molecular flexibility index (Phi) is 5.64. The zero-order valence-corrected chi connectivity index (χ0v) is 17.5. The molecular formula is C21H19N3O3S2. The molecule has 29 heavy (non-hydrogen) atoms. The molecule has 4 aromatic rings. The lowest BCUT2D eigenvalue weighted by atomic mass is 10.2. The third-order valence-corrected chi connectivity index (χ3v) is 6.38. The van der Waals surface area contributed by atoms with E-state index in [1.807, 2.05) is 54.6 Å². The summed E-state index contributed by atoms with van der Waals surface area (Å²) < 4.78 is 11.3. The van der Waals surface area contributed by atoms with Crippen LogP contribution in [0.15, 0.2) is 54.6 Å². The summed E-state index contributed by atoms with van der Waals surface area (Å²) in [6.07, 6.45) is 0. The molecule has 0 aliphatic carbocycles. The van der Waals surface area contributed by atoms with E-state index in [2.05, 4.69) is 15.6 Å². The fourth-order valence-electron chi connectivity index (χ4n) is 2.71. The number of thiazole rings is 1. The van der Waals surface area contributed by atoms with Crippen molar-refractivity contribution in [1.82, 2.24) is 4.98 Å². The molecule has 0 saturated carbocycles. The number of methoxy groups -OCH3 is 2. The molecule has 2 aromatic heterocycles. The van der Waals surface area contributed by atoms with Crippen LogP contribution < -0.4 is 20.1 Å². The summed E-state index contributed by atoms with van der Waals surface area (Å²) in [5, 5.41) is 7.07. The molecule has 0 aliphatic heterocycles. The van der Waals surface area contributed by atoms with Crippen LogP contribution in [-0.4, -0.2) is 25.1 Å². The number of fused-ring (bicyclic) bond motifs is 1. The average molecular weight is 426 g/mol. The second kappa shape index (κ2) is 8.50. The highest BCUT2D eigenvalue weighted by atomic mass is 32.1. The van der Waals surface area contributed by atoms with E-state index in [0.29, 0.717) is 11.4 Å². The Morgan fingerprint density at radius 1 is 0.966 bits per heavy atom. The van der Waals surface area contributed by atoms with Crippen molar-refractivity contribution in [2.24, 2.45) is 0 Å². The molecule has 0 fully saturated rings. The third kappa shape index (κ3) is 4.49. The van der Waals surface area contributed by atoms with Gasteiger partial charge in [0.15, 0.2) is 5.13 Å². The third-order valence-electron chi connectivity index (χ3n) is 4.26. The van der Waals surface area contributed by atoms with E-state index < -0.39 is 0 Å². The van der Waals surface area contributed by atoms with E-state index >= 15 is 0 Å². The number of benzene rings is 2. The normalized spacial score (nSPS) is 10.7. The van der Waals surface area contributed by atoms with Crippen LogP contribution in [0.2, 0.25) is 0 Å². The molecule has 4 rings (SSSR count). The molecule has 0 atom stereocenters. The van der Waals surface area contributed by atoms with Gasteiger partial charge in [-0.1, -0.05) is 23.5 Å². The number of hydrogen-bond acceptors (Lipinski definition) is 7. The van der Waals surface area contributed by atoms with Crippen LogP contribution >= 0.6 is 22.7 Å². The summed E-state index contributed by atoms with van der Waals surface area (Å²) in [5.74, 6) is 1.44. The number of ether oxygens (including phenoxy) is 2. The van der Waals surface area contributed by atoms with E-state index in [1.54, 1.807) is 25.6 Å². The Hall–Kier alpha value is -3.10. The van der Waals surface area contributed by atoms with Gasteiger partial charge in [-0.15, -0.1) is 11.3 Å². The minimum atomic E-state index is -0.141. The number of hydrogen-bond donors (Lipinski definition) is 2. The second-order valence-corrected chi connectivity index (χ2v) is 8.24. The summed E-state index contributed by atoms with van der Waals surface area (Å²) in [6, 6.07) is 17.0. The Balaban J connectivity index is 1.39. The molecule has 0 unspecified atom stereocenters. The molecule has 2 aromatic carbocycles. The monoisotopic (exact) mass is 425 g/mol. The molecule has 1 amide bonds. The maximum Gasteiger partial charge on any atom is 0.265 e. The van der Waals surface area contributed by atoms with E-state index in [9.17, 15) is 4.79 Å². The summed E-state index contributed by atoms with van der Waals surface area (Å²) in [7, 11) is 3.26. The number of amides is 1. The van der Waals surface area contributed by atoms with E-state index in [0.717, 1.165) is 37.4 Å². The maximum atomic E-state index is 12.5. The van der Waals surface area contributed by atoms with Crippen LogP contribution in [0.1, 0.15) is 15.2 Å². The van der Waals surface area contributed by atoms with Crippen LogP contribution in [0.3, 0.4) is 0 Å². The lowest BCUT2D eigenvalue weighted by Crippen LogP contribution is -2.09. The standard InChI is InChI=1S/C21H19N3O3S2/c1-26-15-7-3-13(4-8-15)12-22-21-24-20-18(29-21)11-17(28-20)19(25)23-14-5-9-16(27-2)10-6-14/h3-11H,12H2,1-2H3,(H,22,24)(H,23,25). The number of anilines is 2. The SMILES string of the molecule is COc1ccc(CNc2nc3sc(C(=O)Nc4ccc(OC)cc4)cc3s2)cc1. The van der Waals surface area contributed by atoms with Crippen LogP contribution in [0.4, 0.5) is 10.8 Å². The Bertz CT molecular complexity index is 1090. The topological polar surface area (TPSA) is 72.5 Å². The average Bonchev–Trinajstić information content (AvgIpc) is 3.32. The summed E-state index contributed by atoms with van der Waals surface area (Å²) in [4.78, 5) is 18.6. The number of nitrogens with zero attached hydrogens (tertiary/aromatic N) is 1. The van der Waals surface area contributed by atoms with Crippen LogP contribution in [0, 0.1) is 0 Å². The van der Waals surface area contributed by atoms with Crippen molar-refractivity contribution in [3.8, 4) is 11.5 Å². The highest BCUT2D eigenvalue weighted by Crippen LogP contribution is 2.33. The van der Waals surface area contributed by atoms with Crippen molar-refractivity contribution < 1.29 is 14.3 Å². The Morgan fingerprint density at radius 3 is 2.24 bits per heavy atom. The second-order valence-electron chi connectivity index (χ2n) is 6.18. The molecule has 2 heterocycles. The van der Waals surface area contributed by atoms with Crippen molar-refractivity contribution in [1.29, 1.82) is 0 Å². The fourth-order valence-corrected chi connectivity index (χ4v) is 4.72. The van der Waals surface area contributed by atoms with Gasteiger partial charge in [0, 0.05) is 12.2 Å². The number of carbonyl (C=O) groups is 1. The van der Waals surface area contributed by atoms with Crippen molar-refractivity contribution >= 4 is 48.9 Å². The van der Waals surface area contributed by atoms with Gasteiger partial charge in [-0.25, -0.2) is 4.98 Å². The molecule has 2 N–H and O–H groups in total. The van der Waals surface area contributed by atoms with Crippen molar-refractivity contribution in [3.63, 3.8) is 0 Å². The van der Waals surface area contributed by atoms with Crippen molar-refractivity contribution in [2.75, 3.05) is 24.9 Å². The van der Waals surface area contributed by atoms with Gasteiger partial charge in [0.25, 0.3) is 5.91 Å². The molecular weight excluding hydrogens is 406 g/mol. The number of rotatable bonds is 7. The predicted octanol–water partition coefficient (Wildman–Crippen LogP) is 5.24. The zero-order valence-electron chi connectivity index (χ0n) is 15.9. The van der Waals surface area contributed by atoms with Gasteiger partial charge in [-0.3, -0.25) is 4.79 Å². The van der Waals surface area contributed by atoms with Crippen LogP contribution in [-0.2, 0) is 6.54 Å². The van der Waals surface area contributed by atoms with Crippen LogP contribution in [0.25, 0.3) is 9.53 Å². The maximum absolute atomic E-state index is 12.5. The van der Waals surface area contributed by atoms with Gasteiger partial charge in [0.2, 0.25) is 0 Å². The molecule has 0 aliphatic rings. The first kappa shape index (κ1) is 19.2. The summed E-state index contributed by atoms with van der Waals surface area (Å²) in [5.41, 5.74) is 1.87. The molecule has 148 valence electrons. The molecule has 0 bridgehead atoms. The number of aromatic nitrogens is 1. The fraction of sp³-hybridized carbons (Fsp3) is 0.143. The summed E-state index contributed by atoms with van der Waals surface area (Å²) in [6.45, 7) is 0.676. The zero-order chi connectivity index (χ0) is 20.2. The van der Waals surface area contributed by atoms with Gasteiger partial charge < -0.3 is 20.1 Å². The first-order valence-electron chi connectivity index (χ1n) is 8.87. The largest absolute Gasteiger partial charge is 0.497 e. The quantitative estimate of drug-likeness (QED) is 0.424. The van der Waals surface area contributed by atoms with E-state index in [4.69, 9.17) is 9.47 Å². The first-order valence-corrected chi connectivity index (χ1v) is 10.5. The molecule has 6 nitrogen and oxygen atoms in total. The van der Waals surface area contributed by atoms with Gasteiger partial charge in [0.1, 0.15) is 16.3 Å². The number of thiophene rings is 1. The predicted molar refractivity (Wildman–Crippen MR) is 119 cm³/mol. The van der Waals surface area contributed by atoms with Gasteiger partial charge >= 0.3 is 0 Å². The Morgan fingerprint density at radius 2 is 1.62 bits per heavy atom. The van der Waals surface area contributed by atoms with Gasteiger partial charge in [-0.05, 0) is 48.0 Å². The molecule has 0 radical (unpaired) electrons. The van der Waals surface area contributed by atoms with Gasteiger partial charge in [0.05, 0.1) is 23.8 Å². The lowest BCUT2D eigenvalue weighted by Gasteiger charge is -2.05. The van der Waals surface area contributed by atoms with Crippen molar-refractivity contribution in [3.05, 3.63) is 65.0 Å². The summed E-state index contributed by atoms with van der Waals surface area (Å²) >= 11 is 2.93. The van der Waals surface area contributed by atoms with Crippen LogP contribution in [0.5, 0.6) is 11.5 Å².